The molecule has 2 heterocycles. The topological polar surface area (TPSA) is 43.6 Å². The molecule has 0 bridgehead atoms. The van der Waals surface area contributed by atoms with E-state index in [1.807, 2.05) is 18.3 Å². The number of pyridine rings is 1. The third-order valence-corrected chi connectivity index (χ3v) is 3.07. The number of nitrogens with zero attached hydrogens (tertiary/aromatic N) is 4. The Morgan fingerprint density at radius 1 is 1.29 bits per heavy atom. The molecule has 1 fully saturated rings. The molecule has 0 aromatic carbocycles. The largest absolute Gasteiger partial charge is 0.308 e. The van der Waals surface area contributed by atoms with Gasteiger partial charge in [-0.05, 0) is 25.0 Å². The third-order valence-electron chi connectivity index (χ3n) is 3.07. The average molecular weight is 228 g/mol. The quantitative estimate of drug-likeness (QED) is 0.811. The van der Waals surface area contributed by atoms with E-state index in [0.717, 1.165) is 17.2 Å². The summed E-state index contributed by atoms with van der Waals surface area (Å²) in [5, 5.41) is 8.68. The van der Waals surface area contributed by atoms with Gasteiger partial charge in [-0.3, -0.25) is 4.98 Å². The minimum atomic E-state index is 0.411. The van der Waals surface area contributed by atoms with Gasteiger partial charge in [0.25, 0.3) is 0 Å². The number of hydrogen-bond donors (Lipinski definition) is 0. The monoisotopic (exact) mass is 228 g/mol. The Morgan fingerprint density at radius 2 is 2.12 bits per heavy atom. The van der Waals surface area contributed by atoms with Crippen molar-refractivity contribution in [1.29, 1.82) is 0 Å². The molecule has 2 aromatic rings. The Bertz CT molecular complexity index is 511. The van der Waals surface area contributed by atoms with Crippen LogP contribution in [0, 0.1) is 0 Å². The first-order valence-corrected chi connectivity index (χ1v) is 6.12. The lowest BCUT2D eigenvalue weighted by Gasteiger charge is -2.10. The van der Waals surface area contributed by atoms with E-state index in [-0.39, 0.29) is 0 Å². The van der Waals surface area contributed by atoms with Crippen molar-refractivity contribution in [2.24, 2.45) is 0 Å². The van der Waals surface area contributed by atoms with Crippen molar-refractivity contribution in [3.63, 3.8) is 0 Å². The standard InChI is InChI=1S/C13H16N4/c1-9(2)12-15-16-13(17(12)11-5-6-11)10-4-3-7-14-8-10/h3-4,7-9,11H,5-6H2,1-2H3. The predicted molar refractivity (Wildman–Crippen MR) is 65.6 cm³/mol. The summed E-state index contributed by atoms with van der Waals surface area (Å²) in [6.07, 6.45) is 6.12. The van der Waals surface area contributed by atoms with Crippen molar-refractivity contribution in [2.75, 3.05) is 0 Å². The zero-order valence-corrected chi connectivity index (χ0v) is 10.2. The fourth-order valence-electron chi connectivity index (χ4n) is 2.08. The maximum atomic E-state index is 4.34. The molecule has 0 atom stereocenters. The van der Waals surface area contributed by atoms with Gasteiger partial charge in [0.1, 0.15) is 5.82 Å². The van der Waals surface area contributed by atoms with E-state index < -0.39 is 0 Å². The van der Waals surface area contributed by atoms with E-state index in [9.17, 15) is 0 Å². The Hall–Kier alpha value is -1.71. The lowest BCUT2D eigenvalue weighted by Crippen LogP contribution is -2.05. The second-order valence-corrected chi connectivity index (χ2v) is 4.88. The van der Waals surface area contributed by atoms with Crippen LogP contribution in [-0.2, 0) is 0 Å². The summed E-state index contributed by atoms with van der Waals surface area (Å²) in [7, 11) is 0. The fourth-order valence-corrected chi connectivity index (χ4v) is 2.08. The first-order valence-electron chi connectivity index (χ1n) is 6.12. The van der Waals surface area contributed by atoms with Crippen molar-refractivity contribution in [1.82, 2.24) is 19.7 Å². The molecule has 2 aromatic heterocycles. The van der Waals surface area contributed by atoms with Crippen LogP contribution < -0.4 is 0 Å². The van der Waals surface area contributed by atoms with Crippen LogP contribution in [0.2, 0.25) is 0 Å². The van der Waals surface area contributed by atoms with Gasteiger partial charge in [0, 0.05) is 29.9 Å². The molecule has 1 aliphatic rings. The summed E-state index contributed by atoms with van der Waals surface area (Å²) in [6.45, 7) is 4.33. The van der Waals surface area contributed by atoms with E-state index in [0.29, 0.717) is 12.0 Å². The van der Waals surface area contributed by atoms with Crippen LogP contribution in [0.1, 0.15) is 44.5 Å². The van der Waals surface area contributed by atoms with Crippen molar-refractivity contribution in [3.8, 4) is 11.4 Å². The van der Waals surface area contributed by atoms with Gasteiger partial charge >= 0.3 is 0 Å². The fraction of sp³-hybridized carbons (Fsp3) is 0.462. The van der Waals surface area contributed by atoms with E-state index in [1.54, 1.807) is 6.20 Å². The van der Waals surface area contributed by atoms with Crippen LogP contribution in [0.4, 0.5) is 0 Å². The van der Waals surface area contributed by atoms with Crippen LogP contribution in [0.15, 0.2) is 24.5 Å². The van der Waals surface area contributed by atoms with Gasteiger partial charge in [0.05, 0.1) is 0 Å². The molecule has 0 radical (unpaired) electrons. The molecule has 1 aliphatic carbocycles. The number of aromatic nitrogens is 4. The lowest BCUT2D eigenvalue weighted by molar-refractivity contribution is 0.644. The Morgan fingerprint density at radius 3 is 2.71 bits per heavy atom. The van der Waals surface area contributed by atoms with Crippen LogP contribution in [0.25, 0.3) is 11.4 Å². The minimum absolute atomic E-state index is 0.411. The Labute approximate surface area is 101 Å². The summed E-state index contributed by atoms with van der Waals surface area (Å²) < 4.78 is 2.29. The van der Waals surface area contributed by atoms with Crippen LogP contribution in [0.5, 0.6) is 0 Å². The third kappa shape index (κ3) is 1.84. The van der Waals surface area contributed by atoms with Gasteiger partial charge < -0.3 is 4.57 Å². The molecule has 4 nitrogen and oxygen atoms in total. The van der Waals surface area contributed by atoms with Gasteiger partial charge in [-0.1, -0.05) is 13.8 Å². The Balaban J connectivity index is 2.11. The molecule has 0 aliphatic heterocycles. The van der Waals surface area contributed by atoms with Crippen molar-refractivity contribution >= 4 is 0 Å². The highest BCUT2D eigenvalue weighted by Crippen LogP contribution is 2.40. The molecule has 1 saturated carbocycles. The second-order valence-electron chi connectivity index (χ2n) is 4.88. The van der Waals surface area contributed by atoms with Crippen LogP contribution in [-0.4, -0.2) is 19.7 Å². The molecule has 0 spiro atoms. The molecular formula is C13H16N4. The van der Waals surface area contributed by atoms with Gasteiger partial charge in [0.2, 0.25) is 0 Å². The Kier molecular flexibility index (Phi) is 2.42. The van der Waals surface area contributed by atoms with Crippen molar-refractivity contribution < 1.29 is 0 Å². The minimum Gasteiger partial charge on any atom is -0.308 e. The number of hydrogen-bond acceptors (Lipinski definition) is 3. The molecule has 0 saturated heterocycles. The van der Waals surface area contributed by atoms with E-state index in [1.165, 1.54) is 12.8 Å². The molecule has 4 heteroatoms. The highest BCUT2D eigenvalue weighted by Gasteiger charge is 2.30. The predicted octanol–water partition coefficient (Wildman–Crippen LogP) is 2.80. The molecule has 0 amide bonds. The maximum Gasteiger partial charge on any atom is 0.165 e. The summed E-state index contributed by atoms with van der Waals surface area (Å²) in [5.74, 6) is 2.46. The summed E-state index contributed by atoms with van der Waals surface area (Å²) in [6, 6.07) is 4.58. The van der Waals surface area contributed by atoms with E-state index in [2.05, 4.69) is 33.6 Å². The molecule has 0 unspecified atom stereocenters. The summed E-state index contributed by atoms with van der Waals surface area (Å²) >= 11 is 0. The van der Waals surface area contributed by atoms with Crippen molar-refractivity contribution in [2.45, 2.75) is 38.6 Å². The summed E-state index contributed by atoms with van der Waals surface area (Å²) in [5.41, 5.74) is 1.05. The molecule has 17 heavy (non-hydrogen) atoms. The van der Waals surface area contributed by atoms with Crippen LogP contribution in [0.3, 0.4) is 0 Å². The normalized spacial score (nSPS) is 15.5. The first kappa shape index (κ1) is 10.4. The van der Waals surface area contributed by atoms with E-state index in [4.69, 9.17) is 0 Å². The molecule has 88 valence electrons. The number of rotatable bonds is 3. The zero-order chi connectivity index (χ0) is 11.8. The average Bonchev–Trinajstić information content (AvgIpc) is 3.08. The zero-order valence-electron chi connectivity index (χ0n) is 10.2. The van der Waals surface area contributed by atoms with Gasteiger partial charge in [-0.2, -0.15) is 0 Å². The SMILES string of the molecule is CC(C)c1nnc(-c2cccnc2)n1C1CC1. The van der Waals surface area contributed by atoms with E-state index >= 15 is 0 Å². The molecule has 3 rings (SSSR count). The molecule has 0 N–H and O–H groups in total. The smallest absolute Gasteiger partial charge is 0.165 e. The lowest BCUT2D eigenvalue weighted by atomic mass is 10.2. The van der Waals surface area contributed by atoms with Crippen molar-refractivity contribution in [3.05, 3.63) is 30.4 Å². The first-order chi connectivity index (χ1) is 8.27. The molecular weight excluding hydrogens is 212 g/mol. The summed E-state index contributed by atoms with van der Waals surface area (Å²) in [4.78, 5) is 4.15. The highest BCUT2D eigenvalue weighted by molar-refractivity contribution is 5.54. The van der Waals surface area contributed by atoms with Gasteiger partial charge in [-0.25, -0.2) is 0 Å². The van der Waals surface area contributed by atoms with Gasteiger partial charge in [0.15, 0.2) is 5.82 Å². The highest BCUT2D eigenvalue weighted by atomic mass is 15.3. The van der Waals surface area contributed by atoms with Crippen LogP contribution >= 0.6 is 0 Å². The maximum absolute atomic E-state index is 4.34. The second kappa shape index (κ2) is 3.95. The van der Waals surface area contributed by atoms with Gasteiger partial charge in [-0.15, -0.1) is 10.2 Å².